The van der Waals surface area contributed by atoms with Crippen LogP contribution in [0.5, 0.6) is 0 Å². The predicted octanol–water partition coefficient (Wildman–Crippen LogP) is 2.70. The monoisotopic (exact) mass is 316 g/mol. The van der Waals surface area contributed by atoms with Crippen LogP contribution < -0.4 is 10.6 Å². The van der Waals surface area contributed by atoms with Gasteiger partial charge in [0.2, 0.25) is 0 Å². The Kier molecular flexibility index (Phi) is 5.91. The molecule has 6 heteroatoms. The van der Waals surface area contributed by atoms with E-state index in [2.05, 4.69) is 27.2 Å². The highest BCUT2D eigenvalue weighted by Gasteiger charge is 2.07. The minimum absolute atomic E-state index is 0.246. The van der Waals surface area contributed by atoms with Crippen LogP contribution in [0.3, 0.4) is 0 Å². The summed E-state index contributed by atoms with van der Waals surface area (Å²) in [5, 5.41) is 6.49. The first-order valence-corrected chi connectivity index (χ1v) is 7.26. The molecule has 0 aliphatic heterocycles. The Morgan fingerprint density at radius 2 is 2.18 bits per heavy atom. The Morgan fingerprint density at radius 3 is 2.86 bits per heavy atom. The lowest BCUT2D eigenvalue weighted by Gasteiger charge is -2.06. The average molecular weight is 317 g/mol. The number of amides is 1. The highest BCUT2D eigenvalue weighted by atomic mass is 35.5. The van der Waals surface area contributed by atoms with E-state index in [0.29, 0.717) is 30.4 Å². The lowest BCUT2D eigenvalue weighted by molar-refractivity contribution is 0.0949. The van der Waals surface area contributed by atoms with E-state index >= 15 is 0 Å². The zero-order chi connectivity index (χ0) is 15.8. The number of rotatable bonds is 7. The molecule has 0 bridgehead atoms. The van der Waals surface area contributed by atoms with Crippen LogP contribution >= 0.6 is 11.6 Å². The molecule has 2 aromatic rings. The summed E-state index contributed by atoms with van der Waals surface area (Å²) in [4.78, 5) is 20.1. The number of nitrogens with one attached hydrogen (secondary N) is 2. The third-order valence-corrected chi connectivity index (χ3v) is 3.14. The van der Waals surface area contributed by atoms with Crippen molar-refractivity contribution in [3.05, 3.63) is 65.6 Å². The zero-order valence-corrected chi connectivity index (χ0v) is 12.8. The molecule has 114 valence electrons. The summed E-state index contributed by atoms with van der Waals surface area (Å²) in [5.74, 6) is 0.361. The van der Waals surface area contributed by atoms with E-state index in [0.717, 1.165) is 5.56 Å². The molecule has 0 aliphatic rings. The molecule has 0 atom stereocenters. The van der Waals surface area contributed by atoms with Crippen molar-refractivity contribution in [2.75, 3.05) is 18.4 Å². The fraction of sp³-hybridized carbons (Fsp3) is 0.188. The summed E-state index contributed by atoms with van der Waals surface area (Å²) in [6.07, 6.45) is 5.40. The van der Waals surface area contributed by atoms with E-state index in [4.69, 9.17) is 11.6 Å². The average Bonchev–Trinajstić information content (AvgIpc) is 2.53. The van der Waals surface area contributed by atoms with Crippen molar-refractivity contribution in [3.8, 4) is 0 Å². The van der Waals surface area contributed by atoms with Gasteiger partial charge >= 0.3 is 0 Å². The number of halogens is 1. The summed E-state index contributed by atoms with van der Waals surface area (Å²) in [5.41, 5.74) is 1.36. The molecule has 2 rings (SSSR count). The number of carbonyl (C=O) groups is 1. The second-order valence-electron chi connectivity index (χ2n) is 4.59. The van der Waals surface area contributed by atoms with Crippen LogP contribution in [0.25, 0.3) is 0 Å². The Labute approximate surface area is 134 Å². The number of benzene rings is 1. The maximum Gasteiger partial charge on any atom is 0.271 e. The van der Waals surface area contributed by atoms with Gasteiger partial charge in [0.25, 0.3) is 5.91 Å². The Morgan fingerprint density at radius 1 is 1.32 bits per heavy atom. The van der Waals surface area contributed by atoms with Gasteiger partial charge in [-0.25, -0.2) is 9.97 Å². The van der Waals surface area contributed by atoms with Crippen molar-refractivity contribution in [1.82, 2.24) is 15.3 Å². The maximum absolute atomic E-state index is 12.0. The molecule has 22 heavy (non-hydrogen) atoms. The number of carbonyl (C=O) groups excluding carboxylic acids is 1. The quantitative estimate of drug-likeness (QED) is 0.771. The Hall–Kier alpha value is -2.40. The minimum Gasteiger partial charge on any atom is -0.365 e. The van der Waals surface area contributed by atoms with Crippen molar-refractivity contribution < 1.29 is 4.79 Å². The van der Waals surface area contributed by atoms with Gasteiger partial charge in [0.05, 0.1) is 12.4 Å². The first kappa shape index (κ1) is 16.0. The molecule has 0 saturated carbocycles. The van der Waals surface area contributed by atoms with Crippen molar-refractivity contribution in [2.24, 2.45) is 0 Å². The molecule has 0 fully saturated rings. The number of hydrogen-bond acceptors (Lipinski definition) is 4. The molecule has 1 heterocycles. The largest absolute Gasteiger partial charge is 0.365 e. The van der Waals surface area contributed by atoms with Gasteiger partial charge in [-0.15, -0.1) is 6.58 Å². The van der Waals surface area contributed by atoms with Crippen molar-refractivity contribution in [2.45, 2.75) is 6.42 Å². The summed E-state index contributed by atoms with van der Waals surface area (Å²) in [7, 11) is 0. The second kappa shape index (κ2) is 8.14. The van der Waals surface area contributed by atoms with Crippen molar-refractivity contribution in [3.63, 3.8) is 0 Å². The van der Waals surface area contributed by atoms with E-state index in [1.807, 2.05) is 24.3 Å². The molecular formula is C16H17ClN4O. The molecule has 0 aliphatic carbocycles. The van der Waals surface area contributed by atoms with Gasteiger partial charge in [0, 0.05) is 18.1 Å². The third-order valence-electron chi connectivity index (χ3n) is 2.90. The number of aromatic nitrogens is 2. The summed E-state index contributed by atoms with van der Waals surface area (Å²) in [6.45, 7) is 4.71. The Balaban J connectivity index is 1.83. The normalized spacial score (nSPS) is 10.0. The number of anilines is 1. The SMILES string of the molecule is C=CCNc1cnc(C(=O)NCCc2cccc(Cl)c2)cn1. The topological polar surface area (TPSA) is 66.9 Å². The van der Waals surface area contributed by atoms with E-state index in [-0.39, 0.29) is 11.6 Å². The van der Waals surface area contributed by atoms with Gasteiger partial charge in [0.15, 0.2) is 0 Å². The fourth-order valence-electron chi connectivity index (χ4n) is 1.82. The van der Waals surface area contributed by atoms with Gasteiger partial charge < -0.3 is 10.6 Å². The van der Waals surface area contributed by atoms with E-state index in [1.165, 1.54) is 12.4 Å². The lowest BCUT2D eigenvalue weighted by atomic mass is 10.1. The molecule has 1 aromatic carbocycles. The summed E-state index contributed by atoms with van der Waals surface area (Å²) >= 11 is 5.92. The van der Waals surface area contributed by atoms with Crippen LogP contribution in [0.2, 0.25) is 5.02 Å². The van der Waals surface area contributed by atoms with Gasteiger partial charge in [-0.3, -0.25) is 4.79 Å². The number of hydrogen-bond donors (Lipinski definition) is 2. The third kappa shape index (κ3) is 4.86. The first-order chi connectivity index (χ1) is 10.7. The van der Waals surface area contributed by atoms with Crippen LogP contribution in [-0.2, 0) is 6.42 Å². The molecule has 0 spiro atoms. The second-order valence-corrected chi connectivity index (χ2v) is 5.03. The Bertz CT molecular complexity index is 643. The first-order valence-electron chi connectivity index (χ1n) is 6.88. The van der Waals surface area contributed by atoms with Crippen LogP contribution in [0.15, 0.2) is 49.3 Å². The smallest absolute Gasteiger partial charge is 0.271 e. The van der Waals surface area contributed by atoms with Crippen molar-refractivity contribution >= 4 is 23.3 Å². The minimum atomic E-state index is -0.246. The van der Waals surface area contributed by atoms with Crippen LogP contribution in [0.1, 0.15) is 16.1 Å². The van der Waals surface area contributed by atoms with Gasteiger partial charge in [-0.05, 0) is 24.1 Å². The molecule has 0 radical (unpaired) electrons. The lowest BCUT2D eigenvalue weighted by Crippen LogP contribution is -2.26. The van der Waals surface area contributed by atoms with Gasteiger partial charge in [-0.1, -0.05) is 29.8 Å². The number of nitrogens with zero attached hydrogens (tertiary/aromatic N) is 2. The molecule has 5 nitrogen and oxygen atoms in total. The van der Waals surface area contributed by atoms with Crippen LogP contribution in [0, 0.1) is 0 Å². The zero-order valence-electron chi connectivity index (χ0n) is 12.1. The van der Waals surface area contributed by atoms with Crippen LogP contribution in [-0.4, -0.2) is 29.0 Å². The van der Waals surface area contributed by atoms with Gasteiger partial charge in [0.1, 0.15) is 11.5 Å². The van der Waals surface area contributed by atoms with Crippen LogP contribution in [0.4, 0.5) is 5.82 Å². The molecular weight excluding hydrogens is 300 g/mol. The molecule has 0 saturated heterocycles. The fourth-order valence-corrected chi connectivity index (χ4v) is 2.03. The standard InChI is InChI=1S/C16H17ClN4O/c1-2-7-18-15-11-20-14(10-21-15)16(22)19-8-6-12-4-3-5-13(17)9-12/h2-5,9-11H,1,6-8H2,(H,18,21)(H,19,22). The summed E-state index contributed by atoms with van der Waals surface area (Å²) in [6, 6.07) is 7.56. The van der Waals surface area contributed by atoms with Crippen molar-refractivity contribution in [1.29, 1.82) is 0 Å². The highest BCUT2D eigenvalue weighted by Crippen LogP contribution is 2.10. The predicted molar refractivity (Wildman–Crippen MR) is 88.2 cm³/mol. The molecule has 1 amide bonds. The molecule has 1 aromatic heterocycles. The molecule has 0 unspecified atom stereocenters. The van der Waals surface area contributed by atoms with Gasteiger partial charge in [-0.2, -0.15) is 0 Å². The maximum atomic E-state index is 12.0. The van der Waals surface area contributed by atoms with E-state index in [9.17, 15) is 4.79 Å². The van der Waals surface area contributed by atoms with E-state index in [1.54, 1.807) is 6.08 Å². The highest BCUT2D eigenvalue weighted by molar-refractivity contribution is 6.30. The van der Waals surface area contributed by atoms with E-state index < -0.39 is 0 Å². The summed E-state index contributed by atoms with van der Waals surface area (Å²) < 4.78 is 0. The molecule has 2 N–H and O–H groups in total.